The van der Waals surface area contributed by atoms with Crippen LogP contribution in [0.2, 0.25) is 0 Å². The zero-order chi connectivity index (χ0) is 8.10. The molecule has 0 aliphatic rings. The summed E-state index contributed by atoms with van der Waals surface area (Å²) in [6.07, 6.45) is 1.46. The molecule has 0 aliphatic carbocycles. The minimum Gasteiger partial charge on any atom is -0.505 e. The Hall–Kier alpha value is -1.34. The monoisotopic (exact) mass is 167 g/mol. The molecule has 4 heteroatoms. The number of nitrogens with zero attached hydrogens (tertiary/aromatic N) is 2. The fraction of sp³-hybridized carbons (Fsp3) is 0.143. The number of hydrogen-bond donors (Lipinski definition) is 1. The molecular formula is C7H7N2OS+. The molecule has 1 heterocycles. The van der Waals surface area contributed by atoms with E-state index >= 15 is 0 Å². The molecule has 1 aromatic heterocycles. The molecule has 0 aromatic carbocycles. The van der Waals surface area contributed by atoms with Crippen molar-refractivity contribution in [3.05, 3.63) is 39.3 Å². The summed E-state index contributed by atoms with van der Waals surface area (Å²) < 4.78 is 0. The number of allylic oxidation sites excluding steroid dienone is 1. The largest absolute Gasteiger partial charge is 0.505 e. The predicted molar refractivity (Wildman–Crippen MR) is 43.8 cm³/mol. The van der Waals surface area contributed by atoms with Gasteiger partial charge in [-0.15, -0.1) is 11.3 Å². The van der Waals surface area contributed by atoms with Crippen LogP contribution in [0.4, 0.5) is 0 Å². The highest BCUT2D eigenvalue weighted by Crippen LogP contribution is 2.12. The normalized spacial score (nSPS) is 11.0. The van der Waals surface area contributed by atoms with Gasteiger partial charge < -0.3 is 5.11 Å². The van der Waals surface area contributed by atoms with Crippen molar-refractivity contribution in [3.63, 3.8) is 0 Å². The summed E-state index contributed by atoms with van der Waals surface area (Å²) in [7, 11) is 0. The molecule has 0 atom stereocenters. The fourth-order valence-corrected chi connectivity index (χ4v) is 1.42. The minimum atomic E-state index is 0.0648. The quantitative estimate of drug-likeness (QED) is 0.543. The second-order valence-corrected chi connectivity index (χ2v) is 3.02. The maximum atomic E-state index is 9.04. The second-order valence-electron chi connectivity index (χ2n) is 1.99. The third-order valence-electron chi connectivity index (χ3n) is 1.14. The summed E-state index contributed by atoms with van der Waals surface area (Å²) >= 11 is 1.55. The number of aliphatic hydroxyl groups is 1. The van der Waals surface area contributed by atoms with E-state index in [1.54, 1.807) is 11.3 Å². The van der Waals surface area contributed by atoms with E-state index in [0.717, 1.165) is 11.1 Å². The molecule has 0 amide bonds. The summed E-state index contributed by atoms with van der Waals surface area (Å²) in [4.78, 5) is 3.75. The van der Waals surface area contributed by atoms with Crippen LogP contribution in [-0.2, 0) is 6.42 Å². The van der Waals surface area contributed by atoms with Gasteiger partial charge in [-0.2, -0.15) is 0 Å². The summed E-state index contributed by atoms with van der Waals surface area (Å²) in [6.45, 7) is 0. The first-order chi connectivity index (χ1) is 5.33. The number of hydrogen-bond acceptors (Lipinski definition) is 3. The molecule has 1 N–H and O–H groups in total. The van der Waals surface area contributed by atoms with Crippen molar-refractivity contribution in [2.75, 3.05) is 0 Å². The van der Waals surface area contributed by atoms with E-state index in [1.807, 2.05) is 17.5 Å². The molecule has 0 unspecified atom stereocenters. The molecule has 0 saturated carbocycles. The smallest absolute Gasteiger partial charge is 0.387 e. The number of aliphatic hydroxyl groups excluding tert-OH is 1. The van der Waals surface area contributed by atoms with Crippen LogP contribution in [-0.4, -0.2) is 5.11 Å². The van der Waals surface area contributed by atoms with Crippen molar-refractivity contribution in [2.45, 2.75) is 6.42 Å². The first-order valence-electron chi connectivity index (χ1n) is 3.07. The molecule has 1 aromatic rings. The molecule has 0 aliphatic heterocycles. The molecule has 0 fully saturated rings. The Morgan fingerprint density at radius 2 is 2.64 bits per heavy atom. The summed E-state index contributed by atoms with van der Waals surface area (Å²) in [5.41, 5.74) is 0. The Kier molecular flexibility index (Phi) is 2.64. The molecule has 0 spiro atoms. The fourth-order valence-electron chi connectivity index (χ4n) is 0.704. The highest BCUT2D eigenvalue weighted by Gasteiger charge is 2.01. The van der Waals surface area contributed by atoms with Crippen LogP contribution in [0.5, 0.6) is 0 Å². The Morgan fingerprint density at radius 3 is 3.18 bits per heavy atom. The lowest BCUT2D eigenvalue weighted by atomic mass is 10.3. The van der Waals surface area contributed by atoms with Gasteiger partial charge in [0.2, 0.25) is 5.39 Å². The van der Waals surface area contributed by atoms with E-state index in [0.29, 0.717) is 6.42 Å². The van der Waals surface area contributed by atoms with Gasteiger partial charge in [0.15, 0.2) is 10.7 Å². The molecule has 11 heavy (non-hydrogen) atoms. The second kappa shape index (κ2) is 3.74. The van der Waals surface area contributed by atoms with Crippen LogP contribution in [0, 0.1) is 5.39 Å². The lowest BCUT2D eigenvalue weighted by molar-refractivity contribution is 0.399. The van der Waals surface area contributed by atoms with Crippen molar-refractivity contribution in [1.82, 2.24) is 0 Å². The van der Waals surface area contributed by atoms with Crippen molar-refractivity contribution >= 4 is 11.3 Å². The molecule has 56 valence electrons. The van der Waals surface area contributed by atoms with Crippen molar-refractivity contribution in [3.8, 4) is 0 Å². The average molecular weight is 167 g/mol. The number of thiophene rings is 1. The highest BCUT2D eigenvalue weighted by atomic mass is 32.1. The Labute approximate surface area is 68.2 Å². The summed E-state index contributed by atoms with van der Waals surface area (Å²) in [6, 6.07) is 3.81. The van der Waals surface area contributed by atoms with Gasteiger partial charge in [-0.05, 0) is 11.4 Å². The van der Waals surface area contributed by atoms with Crippen LogP contribution in [0.25, 0.3) is 4.98 Å². The SMILES string of the molecule is N#[N+]/C=C(\O)Cc1cccs1. The van der Waals surface area contributed by atoms with Crippen molar-refractivity contribution in [1.29, 1.82) is 5.39 Å². The lowest BCUT2D eigenvalue weighted by Gasteiger charge is -1.88. The Morgan fingerprint density at radius 1 is 1.82 bits per heavy atom. The van der Waals surface area contributed by atoms with E-state index in [9.17, 15) is 0 Å². The molecule has 3 nitrogen and oxygen atoms in total. The lowest BCUT2D eigenvalue weighted by Crippen LogP contribution is -1.83. The third kappa shape index (κ3) is 2.40. The molecule has 0 saturated heterocycles. The van der Waals surface area contributed by atoms with E-state index in [4.69, 9.17) is 10.5 Å². The Bertz CT molecular complexity index is 284. The first-order valence-corrected chi connectivity index (χ1v) is 3.95. The molecule has 0 bridgehead atoms. The van der Waals surface area contributed by atoms with Gasteiger partial charge in [0.05, 0.1) is 0 Å². The van der Waals surface area contributed by atoms with E-state index in [1.165, 1.54) is 0 Å². The van der Waals surface area contributed by atoms with Gasteiger partial charge >= 0.3 is 6.20 Å². The summed E-state index contributed by atoms with van der Waals surface area (Å²) in [5, 5.41) is 19.0. The molecule has 0 radical (unpaired) electrons. The van der Waals surface area contributed by atoms with Gasteiger partial charge in [0.25, 0.3) is 0 Å². The standard InChI is InChI=1S/C7H6N2OS/c8-9-5-6(10)4-7-2-1-3-11-7/h1-3,5H,4H2/p+1/b6-5-. The minimum absolute atomic E-state index is 0.0648. The third-order valence-corrected chi connectivity index (χ3v) is 2.02. The van der Waals surface area contributed by atoms with E-state index < -0.39 is 0 Å². The zero-order valence-corrected chi connectivity index (χ0v) is 6.58. The first kappa shape index (κ1) is 7.76. The average Bonchev–Trinajstić information content (AvgIpc) is 2.40. The maximum Gasteiger partial charge on any atom is 0.387 e. The topological polar surface area (TPSA) is 48.4 Å². The van der Waals surface area contributed by atoms with Crippen LogP contribution in [0.3, 0.4) is 0 Å². The van der Waals surface area contributed by atoms with Crippen molar-refractivity contribution < 1.29 is 5.11 Å². The van der Waals surface area contributed by atoms with Crippen molar-refractivity contribution in [2.24, 2.45) is 0 Å². The van der Waals surface area contributed by atoms with Gasteiger partial charge in [-0.3, -0.25) is 0 Å². The van der Waals surface area contributed by atoms with Crippen LogP contribution < -0.4 is 0 Å². The van der Waals surface area contributed by atoms with Crippen LogP contribution >= 0.6 is 11.3 Å². The van der Waals surface area contributed by atoms with Gasteiger partial charge in [-0.1, -0.05) is 6.07 Å². The van der Waals surface area contributed by atoms with E-state index in [-0.39, 0.29) is 5.76 Å². The van der Waals surface area contributed by atoms with Gasteiger partial charge in [0, 0.05) is 11.3 Å². The predicted octanol–water partition coefficient (Wildman–Crippen LogP) is 2.54. The van der Waals surface area contributed by atoms with Crippen LogP contribution in [0.15, 0.2) is 29.5 Å². The maximum absolute atomic E-state index is 9.04. The number of rotatable bonds is 2. The van der Waals surface area contributed by atoms with Gasteiger partial charge in [-0.25, -0.2) is 0 Å². The molecular weight excluding hydrogens is 160 g/mol. The highest BCUT2D eigenvalue weighted by molar-refractivity contribution is 7.09. The van der Waals surface area contributed by atoms with E-state index in [2.05, 4.69) is 4.98 Å². The zero-order valence-electron chi connectivity index (χ0n) is 5.77. The Balaban J connectivity index is 2.58. The molecule has 1 rings (SSSR count). The summed E-state index contributed by atoms with van der Waals surface area (Å²) in [5.74, 6) is 0.0648. The van der Waals surface area contributed by atoms with Gasteiger partial charge in [0.1, 0.15) is 0 Å². The van der Waals surface area contributed by atoms with Crippen LogP contribution in [0.1, 0.15) is 4.88 Å². The number of diazo groups is 1.